The first-order valence-corrected chi connectivity index (χ1v) is 10.4. The smallest absolute Gasteiger partial charge is 0.267 e. The summed E-state index contributed by atoms with van der Waals surface area (Å²) in [5.74, 6) is -1.10. The molecule has 0 aliphatic heterocycles. The lowest BCUT2D eigenvalue weighted by Gasteiger charge is -2.33. The van der Waals surface area contributed by atoms with Crippen molar-refractivity contribution < 1.29 is 23.2 Å². The number of carbonyl (C=O) groups is 2. The number of rotatable bonds is 7. The third-order valence-corrected chi connectivity index (χ3v) is 4.90. The Kier molecular flexibility index (Phi) is 6.67. The first-order valence-electron chi connectivity index (χ1n) is 8.56. The number of nitrogens with zero attached hydrogens (tertiary/aromatic N) is 2. The number of amides is 2. The second kappa shape index (κ2) is 8.64. The Labute approximate surface area is 168 Å². The maximum atomic E-state index is 12.6. The highest BCUT2D eigenvalue weighted by atomic mass is 32.2. The van der Waals surface area contributed by atoms with Crippen LogP contribution in [0.1, 0.15) is 29.8 Å². The van der Waals surface area contributed by atoms with E-state index in [1.54, 1.807) is 24.5 Å². The molecule has 0 aliphatic carbocycles. The summed E-state index contributed by atoms with van der Waals surface area (Å²) >= 11 is 0. The SMILES string of the molecule is Cc1cnc(-c2ccc(C(=O)N[C@H](C(=O)NO)C(C)(C)NS(C)(=O)=O)cc2)nc1. The standard InChI is InChI=1S/C18H23N5O5S/c1-11-9-19-15(20-10-11)12-5-7-13(8-6-12)16(24)21-14(17(25)22-26)18(2,3)23-29(4,27)28/h5-10,14,23,26H,1-4H3,(H,21,24)(H,22,25)/t14-/m1/s1. The second-order valence-electron chi connectivity index (χ2n) is 7.14. The van der Waals surface area contributed by atoms with Gasteiger partial charge in [-0.2, -0.15) is 0 Å². The number of benzene rings is 1. The molecule has 0 fully saturated rings. The average Bonchev–Trinajstić information content (AvgIpc) is 2.64. The Balaban J connectivity index is 2.22. The van der Waals surface area contributed by atoms with Gasteiger partial charge >= 0.3 is 0 Å². The molecule has 156 valence electrons. The Hall–Kier alpha value is -2.89. The number of carbonyl (C=O) groups excluding carboxylic acids is 2. The minimum Gasteiger partial charge on any atom is -0.338 e. The van der Waals surface area contributed by atoms with Crippen molar-refractivity contribution in [2.45, 2.75) is 32.4 Å². The van der Waals surface area contributed by atoms with Crippen LogP contribution in [0.15, 0.2) is 36.7 Å². The van der Waals surface area contributed by atoms with Crippen LogP contribution >= 0.6 is 0 Å². The van der Waals surface area contributed by atoms with Gasteiger partial charge in [0.1, 0.15) is 6.04 Å². The van der Waals surface area contributed by atoms with Gasteiger partial charge in [-0.05, 0) is 38.5 Å². The van der Waals surface area contributed by atoms with Gasteiger partial charge in [0.25, 0.3) is 11.8 Å². The van der Waals surface area contributed by atoms with E-state index in [0.29, 0.717) is 11.4 Å². The summed E-state index contributed by atoms with van der Waals surface area (Å²) in [5.41, 5.74) is 1.88. The predicted octanol–water partition coefficient (Wildman–Crippen LogP) is 0.384. The lowest BCUT2D eigenvalue weighted by Crippen LogP contribution is -2.64. The normalized spacial score (nSPS) is 12.9. The number of aromatic nitrogens is 2. The molecule has 0 bridgehead atoms. The lowest BCUT2D eigenvalue weighted by atomic mass is 9.94. The Morgan fingerprint density at radius 1 is 1.10 bits per heavy atom. The summed E-state index contributed by atoms with van der Waals surface area (Å²) in [6.07, 6.45) is 4.28. The topological polar surface area (TPSA) is 150 Å². The summed E-state index contributed by atoms with van der Waals surface area (Å²) < 4.78 is 25.4. The van der Waals surface area contributed by atoms with Gasteiger partial charge in [0, 0.05) is 23.5 Å². The molecule has 0 spiro atoms. The highest BCUT2D eigenvalue weighted by molar-refractivity contribution is 7.88. The fourth-order valence-corrected chi connectivity index (χ4v) is 3.78. The van der Waals surface area contributed by atoms with Gasteiger partial charge in [-0.15, -0.1) is 0 Å². The largest absolute Gasteiger partial charge is 0.338 e. The quantitative estimate of drug-likeness (QED) is 0.373. The van der Waals surface area contributed by atoms with Gasteiger partial charge in [0.05, 0.1) is 11.8 Å². The Morgan fingerprint density at radius 2 is 1.66 bits per heavy atom. The van der Waals surface area contributed by atoms with E-state index in [-0.39, 0.29) is 5.56 Å². The molecule has 0 radical (unpaired) electrons. The molecule has 0 saturated heterocycles. The fraction of sp³-hybridized carbons (Fsp3) is 0.333. The van der Waals surface area contributed by atoms with E-state index >= 15 is 0 Å². The number of hydroxylamine groups is 1. The Morgan fingerprint density at radius 3 is 2.14 bits per heavy atom. The van der Waals surface area contributed by atoms with Crippen molar-refractivity contribution in [2.75, 3.05) is 6.26 Å². The zero-order valence-electron chi connectivity index (χ0n) is 16.4. The van der Waals surface area contributed by atoms with Gasteiger partial charge < -0.3 is 5.32 Å². The van der Waals surface area contributed by atoms with Crippen LogP contribution in [0.3, 0.4) is 0 Å². The van der Waals surface area contributed by atoms with Gasteiger partial charge in [0.15, 0.2) is 5.82 Å². The molecule has 10 nitrogen and oxygen atoms in total. The van der Waals surface area contributed by atoms with Crippen LogP contribution < -0.4 is 15.5 Å². The molecule has 0 unspecified atom stereocenters. The fourth-order valence-electron chi connectivity index (χ4n) is 2.70. The van der Waals surface area contributed by atoms with Gasteiger partial charge in [-0.3, -0.25) is 14.8 Å². The van der Waals surface area contributed by atoms with Crippen LogP contribution in [0, 0.1) is 6.92 Å². The number of hydrogen-bond donors (Lipinski definition) is 4. The number of hydrogen-bond acceptors (Lipinski definition) is 7. The van der Waals surface area contributed by atoms with E-state index in [1.165, 1.54) is 31.5 Å². The molecule has 2 amide bonds. The molecule has 1 aromatic heterocycles. The third-order valence-electron chi connectivity index (χ3n) is 4.00. The summed E-state index contributed by atoms with van der Waals surface area (Å²) in [6.45, 7) is 4.69. The zero-order chi connectivity index (χ0) is 21.8. The Bertz CT molecular complexity index is 988. The molecule has 29 heavy (non-hydrogen) atoms. The maximum Gasteiger partial charge on any atom is 0.267 e. The molecule has 2 aromatic rings. The third kappa shape index (κ3) is 6.04. The van der Waals surface area contributed by atoms with Crippen LogP contribution in [0.25, 0.3) is 11.4 Å². The van der Waals surface area contributed by atoms with E-state index in [0.717, 1.165) is 11.8 Å². The summed E-state index contributed by atoms with van der Waals surface area (Å²) in [6, 6.07) is 4.98. The molecule has 0 saturated carbocycles. The minimum atomic E-state index is -3.69. The van der Waals surface area contributed by atoms with Gasteiger partial charge in [0.2, 0.25) is 10.0 Å². The van der Waals surface area contributed by atoms with Gasteiger partial charge in [-0.1, -0.05) is 12.1 Å². The van der Waals surface area contributed by atoms with Crippen molar-refractivity contribution in [3.8, 4) is 11.4 Å². The average molecular weight is 421 g/mol. The number of nitrogens with one attached hydrogen (secondary N) is 3. The molecular formula is C18H23N5O5S. The molecule has 11 heteroatoms. The van der Waals surface area contributed by atoms with E-state index < -0.39 is 33.4 Å². The second-order valence-corrected chi connectivity index (χ2v) is 8.89. The summed E-state index contributed by atoms with van der Waals surface area (Å²) in [4.78, 5) is 33.1. The molecular weight excluding hydrogens is 398 g/mol. The van der Waals surface area contributed by atoms with Crippen molar-refractivity contribution in [1.82, 2.24) is 25.5 Å². The van der Waals surface area contributed by atoms with Crippen molar-refractivity contribution in [3.05, 3.63) is 47.8 Å². The zero-order valence-corrected chi connectivity index (χ0v) is 17.2. The summed E-state index contributed by atoms with van der Waals surface area (Å²) in [7, 11) is -3.69. The molecule has 0 aliphatic rings. The highest BCUT2D eigenvalue weighted by Crippen LogP contribution is 2.17. The van der Waals surface area contributed by atoms with E-state index in [9.17, 15) is 18.0 Å². The monoisotopic (exact) mass is 421 g/mol. The van der Waals surface area contributed by atoms with Crippen molar-refractivity contribution in [1.29, 1.82) is 0 Å². The predicted molar refractivity (Wildman–Crippen MR) is 105 cm³/mol. The number of sulfonamides is 1. The first kappa shape index (κ1) is 22.4. The minimum absolute atomic E-state index is 0.228. The summed E-state index contributed by atoms with van der Waals surface area (Å²) in [5, 5.41) is 11.4. The van der Waals surface area contributed by atoms with Crippen molar-refractivity contribution >= 4 is 21.8 Å². The lowest BCUT2D eigenvalue weighted by molar-refractivity contribution is -0.132. The number of aryl methyl sites for hydroxylation is 1. The van der Waals surface area contributed by atoms with Crippen LogP contribution in [-0.4, -0.2) is 53.2 Å². The maximum absolute atomic E-state index is 12.6. The van der Waals surface area contributed by atoms with Crippen LogP contribution in [-0.2, 0) is 14.8 Å². The van der Waals surface area contributed by atoms with Crippen molar-refractivity contribution in [3.63, 3.8) is 0 Å². The molecule has 1 aromatic carbocycles. The van der Waals surface area contributed by atoms with E-state index in [2.05, 4.69) is 20.0 Å². The molecule has 2 rings (SSSR count). The molecule has 1 atom stereocenters. The van der Waals surface area contributed by atoms with Crippen LogP contribution in [0.4, 0.5) is 0 Å². The van der Waals surface area contributed by atoms with E-state index in [4.69, 9.17) is 5.21 Å². The highest BCUT2D eigenvalue weighted by Gasteiger charge is 2.38. The van der Waals surface area contributed by atoms with Gasteiger partial charge in [-0.25, -0.2) is 28.6 Å². The van der Waals surface area contributed by atoms with E-state index in [1.807, 2.05) is 6.92 Å². The van der Waals surface area contributed by atoms with Crippen LogP contribution in [0.2, 0.25) is 0 Å². The van der Waals surface area contributed by atoms with Crippen molar-refractivity contribution in [2.24, 2.45) is 0 Å². The van der Waals surface area contributed by atoms with Crippen LogP contribution in [0.5, 0.6) is 0 Å². The first-order chi connectivity index (χ1) is 13.4. The molecule has 4 N–H and O–H groups in total. The molecule has 1 heterocycles.